The van der Waals surface area contributed by atoms with Crippen LogP contribution in [0.5, 0.6) is 0 Å². The molecule has 1 amide bonds. The summed E-state index contributed by atoms with van der Waals surface area (Å²) in [5.74, 6) is 0.576. The number of likely N-dealkylation sites (tertiary alicyclic amines) is 1. The van der Waals surface area contributed by atoms with Gasteiger partial charge in [0.25, 0.3) is 0 Å². The summed E-state index contributed by atoms with van der Waals surface area (Å²) in [6.07, 6.45) is 1.83. The van der Waals surface area contributed by atoms with Crippen LogP contribution >= 0.6 is 22.6 Å². The highest BCUT2D eigenvalue weighted by atomic mass is 127. The Labute approximate surface area is 146 Å². The summed E-state index contributed by atoms with van der Waals surface area (Å²) >= 11 is 2.36. The number of amides is 1. The van der Waals surface area contributed by atoms with Gasteiger partial charge in [0.15, 0.2) is 0 Å². The molecular formula is C16H26IN3O2. The van der Waals surface area contributed by atoms with Crippen molar-refractivity contribution in [3.05, 3.63) is 15.0 Å². The smallest absolute Gasteiger partial charge is 0.410 e. The van der Waals surface area contributed by atoms with E-state index in [1.807, 2.05) is 25.7 Å². The second-order valence-corrected chi connectivity index (χ2v) is 8.16. The number of aromatic nitrogens is 2. The molecule has 0 N–H and O–H groups in total. The minimum Gasteiger partial charge on any atom is -0.444 e. The molecule has 124 valence electrons. The molecule has 0 radical (unpaired) electrons. The summed E-state index contributed by atoms with van der Waals surface area (Å²) < 4.78 is 8.81. The highest BCUT2D eigenvalue weighted by Gasteiger charge is 2.27. The quantitative estimate of drug-likeness (QED) is 0.687. The van der Waals surface area contributed by atoms with E-state index in [2.05, 4.69) is 46.2 Å². The predicted octanol–water partition coefficient (Wildman–Crippen LogP) is 3.75. The summed E-state index contributed by atoms with van der Waals surface area (Å²) in [7, 11) is 0. The van der Waals surface area contributed by atoms with Crippen LogP contribution in [0.1, 0.15) is 45.0 Å². The maximum Gasteiger partial charge on any atom is 0.410 e. The zero-order valence-electron chi connectivity index (χ0n) is 14.1. The summed E-state index contributed by atoms with van der Waals surface area (Å²) in [6.45, 7) is 12.4. The van der Waals surface area contributed by atoms with E-state index in [4.69, 9.17) is 4.74 Å². The number of halogens is 1. The number of hydrogen-bond acceptors (Lipinski definition) is 3. The number of aryl methyl sites for hydroxylation is 1. The fourth-order valence-corrected chi connectivity index (χ4v) is 3.11. The molecule has 6 heteroatoms. The topological polar surface area (TPSA) is 47.4 Å². The van der Waals surface area contributed by atoms with E-state index in [0.29, 0.717) is 5.92 Å². The molecule has 1 aliphatic heterocycles. The molecule has 0 atom stereocenters. The Morgan fingerprint density at radius 2 is 1.91 bits per heavy atom. The van der Waals surface area contributed by atoms with Crippen molar-refractivity contribution < 1.29 is 9.53 Å². The number of hydrogen-bond donors (Lipinski definition) is 0. The van der Waals surface area contributed by atoms with Crippen LogP contribution in [0.2, 0.25) is 0 Å². The van der Waals surface area contributed by atoms with Crippen LogP contribution in [0.25, 0.3) is 0 Å². The maximum atomic E-state index is 12.1. The number of ether oxygens (including phenoxy) is 1. The van der Waals surface area contributed by atoms with Crippen LogP contribution < -0.4 is 0 Å². The zero-order chi connectivity index (χ0) is 16.5. The van der Waals surface area contributed by atoms with Crippen molar-refractivity contribution in [2.75, 3.05) is 13.1 Å². The Balaban J connectivity index is 1.87. The Morgan fingerprint density at radius 1 is 1.32 bits per heavy atom. The predicted molar refractivity (Wildman–Crippen MR) is 94.9 cm³/mol. The third kappa shape index (κ3) is 4.36. The van der Waals surface area contributed by atoms with Crippen molar-refractivity contribution in [2.24, 2.45) is 5.92 Å². The van der Waals surface area contributed by atoms with Crippen molar-refractivity contribution in [1.82, 2.24) is 14.7 Å². The van der Waals surface area contributed by atoms with E-state index >= 15 is 0 Å². The van der Waals surface area contributed by atoms with E-state index < -0.39 is 5.60 Å². The van der Waals surface area contributed by atoms with E-state index in [1.54, 1.807) is 0 Å². The standard InChI is InChI=1S/C16H26IN3O2/c1-11-14(17)12(2)20(18-11)10-13-6-8-19(9-7-13)15(21)22-16(3,4)5/h13H,6-10H2,1-5H3. The van der Waals surface area contributed by atoms with Gasteiger partial charge in [-0.25, -0.2) is 4.79 Å². The monoisotopic (exact) mass is 419 g/mol. The number of piperidine rings is 1. The van der Waals surface area contributed by atoms with Crippen molar-refractivity contribution in [3.63, 3.8) is 0 Å². The molecule has 0 aromatic carbocycles. The average Bonchev–Trinajstić information content (AvgIpc) is 2.65. The largest absolute Gasteiger partial charge is 0.444 e. The molecule has 0 spiro atoms. The first kappa shape index (κ1) is 17.6. The number of rotatable bonds is 2. The molecular weight excluding hydrogens is 393 g/mol. The van der Waals surface area contributed by atoms with Crippen LogP contribution in [0.15, 0.2) is 0 Å². The van der Waals surface area contributed by atoms with Gasteiger partial charge in [-0.2, -0.15) is 5.10 Å². The SMILES string of the molecule is Cc1nn(CC2CCN(C(=O)OC(C)(C)C)CC2)c(C)c1I. The molecule has 1 aromatic heterocycles. The second kappa shape index (κ2) is 6.76. The first-order valence-corrected chi connectivity index (χ1v) is 8.92. The summed E-state index contributed by atoms with van der Waals surface area (Å²) in [5.41, 5.74) is 1.92. The van der Waals surface area contributed by atoms with Crippen molar-refractivity contribution in [2.45, 2.75) is 59.6 Å². The van der Waals surface area contributed by atoms with Crippen LogP contribution in [-0.4, -0.2) is 39.5 Å². The molecule has 2 heterocycles. The van der Waals surface area contributed by atoms with Gasteiger partial charge in [0, 0.05) is 25.3 Å². The van der Waals surface area contributed by atoms with Crippen molar-refractivity contribution >= 4 is 28.7 Å². The van der Waals surface area contributed by atoms with Gasteiger partial charge in [-0.05, 0) is 76.0 Å². The fourth-order valence-electron chi connectivity index (χ4n) is 2.72. The molecule has 2 rings (SSSR count). The number of carbonyl (C=O) groups excluding carboxylic acids is 1. The lowest BCUT2D eigenvalue weighted by Crippen LogP contribution is -2.42. The highest BCUT2D eigenvalue weighted by molar-refractivity contribution is 14.1. The van der Waals surface area contributed by atoms with Crippen LogP contribution in [0.3, 0.4) is 0 Å². The second-order valence-electron chi connectivity index (χ2n) is 7.08. The molecule has 1 aliphatic rings. The van der Waals surface area contributed by atoms with Gasteiger partial charge in [0.05, 0.1) is 9.26 Å². The first-order valence-electron chi connectivity index (χ1n) is 7.85. The maximum absolute atomic E-state index is 12.1. The third-order valence-corrected chi connectivity index (χ3v) is 5.55. The van der Waals surface area contributed by atoms with Gasteiger partial charge in [-0.1, -0.05) is 0 Å². The number of nitrogens with zero attached hydrogens (tertiary/aromatic N) is 3. The Kier molecular flexibility index (Phi) is 5.40. The molecule has 0 unspecified atom stereocenters. The van der Waals surface area contributed by atoms with Gasteiger partial charge in [-0.15, -0.1) is 0 Å². The Morgan fingerprint density at radius 3 is 2.36 bits per heavy atom. The summed E-state index contributed by atoms with van der Waals surface area (Å²) in [6, 6.07) is 0. The van der Waals surface area contributed by atoms with Gasteiger partial charge in [-0.3, -0.25) is 4.68 Å². The summed E-state index contributed by atoms with van der Waals surface area (Å²) in [5, 5.41) is 4.61. The Bertz CT molecular complexity index is 540. The van der Waals surface area contributed by atoms with Gasteiger partial charge in [0.1, 0.15) is 5.60 Å². The van der Waals surface area contributed by atoms with Gasteiger partial charge >= 0.3 is 6.09 Å². The lowest BCUT2D eigenvalue weighted by molar-refractivity contribution is 0.0177. The molecule has 1 aromatic rings. The third-order valence-electron chi connectivity index (χ3n) is 3.99. The van der Waals surface area contributed by atoms with Gasteiger partial charge < -0.3 is 9.64 Å². The average molecular weight is 419 g/mol. The molecule has 0 aliphatic carbocycles. The normalized spacial score (nSPS) is 16.9. The van der Waals surface area contributed by atoms with E-state index in [1.165, 1.54) is 9.26 Å². The van der Waals surface area contributed by atoms with Crippen LogP contribution in [-0.2, 0) is 11.3 Å². The van der Waals surface area contributed by atoms with Crippen LogP contribution in [0, 0.1) is 23.3 Å². The highest BCUT2D eigenvalue weighted by Crippen LogP contribution is 2.23. The van der Waals surface area contributed by atoms with E-state index in [-0.39, 0.29) is 6.09 Å². The van der Waals surface area contributed by atoms with E-state index in [9.17, 15) is 4.79 Å². The molecule has 1 saturated heterocycles. The minimum absolute atomic E-state index is 0.188. The fraction of sp³-hybridized carbons (Fsp3) is 0.750. The lowest BCUT2D eigenvalue weighted by atomic mass is 9.97. The van der Waals surface area contributed by atoms with E-state index in [0.717, 1.165) is 38.2 Å². The van der Waals surface area contributed by atoms with Crippen molar-refractivity contribution in [3.8, 4) is 0 Å². The molecule has 0 saturated carbocycles. The lowest BCUT2D eigenvalue weighted by Gasteiger charge is -2.33. The molecule has 0 bridgehead atoms. The van der Waals surface area contributed by atoms with Crippen LogP contribution in [0.4, 0.5) is 4.79 Å². The minimum atomic E-state index is -0.422. The Hall–Kier alpha value is -0.790. The zero-order valence-corrected chi connectivity index (χ0v) is 16.3. The summed E-state index contributed by atoms with van der Waals surface area (Å²) in [4.78, 5) is 13.9. The molecule has 5 nitrogen and oxygen atoms in total. The molecule has 22 heavy (non-hydrogen) atoms. The first-order chi connectivity index (χ1) is 10.2. The molecule has 1 fully saturated rings. The number of carbonyl (C=O) groups is 1. The van der Waals surface area contributed by atoms with Crippen molar-refractivity contribution in [1.29, 1.82) is 0 Å². The van der Waals surface area contributed by atoms with Gasteiger partial charge in [0.2, 0.25) is 0 Å².